The maximum atomic E-state index is 13.1. The maximum absolute atomic E-state index is 13.1. The van der Waals surface area contributed by atoms with Crippen LogP contribution in [0.5, 0.6) is 11.5 Å². The van der Waals surface area contributed by atoms with Crippen LogP contribution in [0.4, 0.5) is 0 Å². The Morgan fingerprint density at radius 1 is 1.06 bits per heavy atom. The van der Waals surface area contributed by atoms with Crippen LogP contribution in [0, 0.1) is 11.3 Å². The fourth-order valence-electron chi connectivity index (χ4n) is 3.47. The van der Waals surface area contributed by atoms with Crippen LogP contribution >= 0.6 is 0 Å². The van der Waals surface area contributed by atoms with Crippen molar-refractivity contribution in [2.75, 3.05) is 7.11 Å². The third kappa shape index (κ3) is 5.88. The van der Waals surface area contributed by atoms with Crippen LogP contribution in [-0.4, -0.2) is 24.1 Å². The average Bonchev–Trinajstić information content (AvgIpc) is 2.86. The molecule has 0 unspecified atom stereocenters. The van der Waals surface area contributed by atoms with Gasteiger partial charge in [0.05, 0.1) is 19.8 Å². The van der Waals surface area contributed by atoms with Crippen LogP contribution in [0.15, 0.2) is 78.4 Å². The first-order valence-corrected chi connectivity index (χ1v) is 10.5. The highest BCUT2D eigenvalue weighted by Gasteiger charge is 2.20. The number of benzene rings is 3. The largest absolute Gasteiger partial charge is 0.493 e. The lowest BCUT2D eigenvalue weighted by Gasteiger charge is -2.20. The molecule has 0 aromatic heterocycles. The van der Waals surface area contributed by atoms with E-state index in [9.17, 15) is 20.0 Å². The van der Waals surface area contributed by atoms with E-state index in [4.69, 9.17) is 9.47 Å². The zero-order valence-electron chi connectivity index (χ0n) is 18.8. The van der Waals surface area contributed by atoms with Crippen LogP contribution in [-0.2, 0) is 16.2 Å². The maximum Gasteiger partial charge on any atom is 0.308 e. The fourth-order valence-corrected chi connectivity index (χ4v) is 3.47. The van der Waals surface area contributed by atoms with E-state index >= 15 is 0 Å². The summed E-state index contributed by atoms with van der Waals surface area (Å²) in [6.07, 6.45) is 1.39. The van der Waals surface area contributed by atoms with Crippen molar-refractivity contribution in [2.24, 2.45) is 0 Å². The molecule has 0 bridgehead atoms. The van der Waals surface area contributed by atoms with Crippen molar-refractivity contribution in [1.29, 1.82) is 5.26 Å². The van der Waals surface area contributed by atoms with Gasteiger partial charge < -0.3 is 19.9 Å². The van der Waals surface area contributed by atoms with Crippen molar-refractivity contribution in [1.82, 2.24) is 5.32 Å². The molecular weight excluding hydrogens is 432 g/mol. The molecule has 0 aliphatic carbocycles. The number of ether oxygens (including phenoxy) is 2. The van der Waals surface area contributed by atoms with Gasteiger partial charge in [-0.2, -0.15) is 5.26 Å². The van der Waals surface area contributed by atoms with Crippen LogP contribution in [0.3, 0.4) is 0 Å². The third-order valence-corrected chi connectivity index (χ3v) is 5.01. The first-order chi connectivity index (χ1) is 16.5. The standard InChI is InChI=1S/C27H24N2O5/c1-18(31)34-26-23(17-30)14-19(15-24(26)33-2)13-22(16-28)27(32)29-25(20-9-5-3-6-10-20)21-11-7-4-8-12-21/h3-15,25,30H,17H2,1-2H3,(H,29,32)/b22-13+. The number of hydrogen-bond donors (Lipinski definition) is 2. The molecule has 3 aromatic carbocycles. The molecule has 0 spiro atoms. The van der Waals surface area contributed by atoms with Crippen molar-refractivity contribution in [3.05, 3.63) is 101 Å². The van der Waals surface area contributed by atoms with Gasteiger partial charge in [0.25, 0.3) is 5.91 Å². The van der Waals surface area contributed by atoms with Crippen LogP contribution in [0.1, 0.15) is 35.2 Å². The van der Waals surface area contributed by atoms with Crippen LogP contribution in [0.2, 0.25) is 0 Å². The van der Waals surface area contributed by atoms with Crippen LogP contribution < -0.4 is 14.8 Å². The van der Waals surface area contributed by atoms with Crippen molar-refractivity contribution in [3.8, 4) is 17.6 Å². The SMILES string of the molecule is COc1cc(/C=C(\C#N)C(=O)NC(c2ccccc2)c2ccccc2)cc(CO)c1OC(C)=O. The van der Waals surface area contributed by atoms with E-state index in [0.29, 0.717) is 5.56 Å². The summed E-state index contributed by atoms with van der Waals surface area (Å²) >= 11 is 0. The zero-order valence-corrected chi connectivity index (χ0v) is 18.8. The highest BCUT2D eigenvalue weighted by atomic mass is 16.6. The topological polar surface area (TPSA) is 109 Å². The minimum absolute atomic E-state index is 0.0887. The molecule has 0 heterocycles. The number of nitriles is 1. The number of hydrogen-bond acceptors (Lipinski definition) is 6. The summed E-state index contributed by atoms with van der Waals surface area (Å²) < 4.78 is 10.4. The molecule has 172 valence electrons. The number of nitrogens with zero attached hydrogens (tertiary/aromatic N) is 1. The number of methoxy groups -OCH3 is 1. The van der Waals surface area contributed by atoms with Gasteiger partial charge in [0.15, 0.2) is 11.5 Å². The lowest BCUT2D eigenvalue weighted by molar-refractivity contribution is -0.132. The van der Waals surface area contributed by atoms with Gasteiger partial charge in [0, 0.05) is 12.5 Å². The van der Waals surface area contributed by atoms with Crippen molar-refractivity contribution < 1.29 is 24.2 Å². The van der Waals surface area contributed by atoms with E-state index in [0.717, 1.165) is 11.1 Å². The summed E-state index contributed by atoms with van der Waals surface area (Å²) in [6.45, 7) is 0.807. The Hall–Kier alpha value is -4.41. The summed E-state index contributed by atoms with van der Waals surface area (Å²) in [5.41, 5.74) is 2.32. The highest BCUT2D eigenvalue weighted by Crippen LogP contribution is 2.34. The quantitative estimate of drug-likeness (QED) is 0.230. The summed E-state index contributed by atoms with van der Waals surface area (Å²) in [7, 11) is 1.39. The highest BCUT2D eigenvalue weighted by molar-refractivity contribution is 6.02. The van der Waals surface area contributed by atoms with Gasteiger partial charge in [-0.1, -0.05) is 60.7 Å². The van der Waals surface area contributed by atoms with Gasteiger partial charge in [-0.15, -0.1) is 0 Å². The molecule has 0 saturated heterocycles. The molecule has 0 atom stereocenters. The molecule has 0 aliphatic rings. The Bertz CT molecular complexity index is 1170. The number of aliphatic hydroxyl groups is 1. The van der Waals surface area contributed by atoms with Crippen molar-refractivity contribution >= 4 is 18.0 Å². The Morgan fingerprint density at radius 2 is 1.65 bits per heavy atom. The van der Waals surface area contributed by atoms with Gasteiger partial charge in [-0.25, -0.2) is 0 Å². The van der Waals surface area contributed by atoms with Gasteiger partial charge in [0.2, 0.25) is 0 Å². The summed E-state index contributed by atoms with van der Waals surface area (Å²) in [4.78, 5) is 24.5. The fraction of sp³-hybridized carbons (Fsp3) is 0.148. The molecular formula is C27H24N2O5. The number of carbonyl (C=O) groups is 2. The van der Waals surface area contributed by atoms with Crippen molar-refractivity contribution in [3.63, 3.8) is 0 Å². The molecule has 3 aromatic rings. The van der Waals surface area contributed by atoms with E-state index < -0.39 is 24.5 Å². The van der Waals surface area contributed by atoms with Crippen LogP contribution in [0.25, 0.3) is 6.08 Å². The molecule has 0 saturated carbocycles. The van der Waals surface area contributed by atoms with Gasteiger partial charge in [-0.05, 0) is 34.9 Å². The molecule has 0 fully saturated rings. The lowest BCUT2D eigenvalue weighted by Crippen LogP contribution is -2.30. The number of carbonyl (C=O) groups excluding carboxylic acids is 2. The Morgan fingerprint density at radius 3 is 2.12 bits per heavy atom. The van der Waals surface area contributed by atoms with Gasteiger partial charge in [-0.3, -0.25) is 9.59 Å². The molecule has 3 rings (SSSR count). The smallest absolute Gasteiger partial charge is 0.308 e. The third-order valence-electron chi connectivity index (χ3n) is 5.01. The van der Waals surface area contributed by atoms with E-state index in [1.807, 2.05) is 66.7 Å². The van der Waals surface area contributed by atoms with E-state index in [1.165, 1.54) is 32.2 Å². The lowest BCUT2D eigenvalue weighted by atomic mass is 9.98. The van der Waals surface area contributed by atoms with E-state index in [1.54, 1.807) is 0 Å². The first kappa shape index (κ1) is 24.2. The second kappa shape index (κ2) is 11.5. The Kier molecular flexibility index (Phi) is 8.16. The minimum atomic E-state index is -0.568. The molecule has 2 N–H and O–H groups in total. The Labute approximate surface area is 197 Å². The van der Waals surface area contributed by atoms with E-state index in [2.05, 4.69) is 5.32 Å². The molecule has 0 radical (unpaired) electrons. The summed E-state index contributed by atoms with van der Waals surface area (Å²) in [5.74, 6) is -0.849. The monoisotopic (exact) mass is 456 g/mol. The summed E-state index contributed by atoms with van der Waals surface area (Å²) in [6, 6.07) is 23.4. The van der Waals surface area contributed by atoms with Gasteiger partial charge in [0.1, 0.15) is 11.6 Å². The number of nitrogens with one attached hydrogen (secondary N) is 1. The molecule has 7 nitrogen and oxygen atoms in total. The molecule has 7 heteroatoms. The summed E-state index contributed by atoms with van der Waals surface area (Å²) in [5, 5.41) is 22.4. The normalized spacial score (nSPS) is 11.0. The second-order valence-corrected chi connectivity index (χ2v) is 7.36. The number of esters is 1. The molecule has 1 amide bonds. The second-order valence-electron chi connectivity index (χ2n) is 7.36. The molecule has 0 aliphatic heterocycles. The number of rotatable bonds is 8. The predicted molar refractivity (Wildman–Crippen MR) is 127 cm³/mol. The molecule has 34 heavy (non-hydrogen) atoms. The van der Waals surface area contributed by atoms with Gasteiger partial charge >= 0.3 is 5.97 Å². The van der Waals surface area contributed by atoms with Crippen molar-refractivity contribution in [2.45, 2.75) is 19.6 Å². The first-order valence-electron chi connectivity index (χ1n) is 10.5. The number of aliphatic hydroxyl groups excluding tert-OH is 1. The number of amides is 1. The predicted octanol–water partition coefficient (Wildman–Crippen LogP) is 3.93. The average molecular weight is 456 g/mol. The van der Waals surface area contributed by atoms with E-state index in [-0.39, 0.29) is 22.6 Å². The Balaban J connectivity index is 1.96. The minimum Gasteiger partial charge on any atom is -0.493 e. The zero-order chi connectivity index (χ0) is 24.5.